The fourth-order valence-electron chi connectivity index (χ4n) is 4.74. The lowest BCUT2D eigenvalue weighted by molar-refractivity contribution is -0.139. The maximum Gasteiger partial charge on any atom is 0.338 e. The van der Waals surface area contributed by atoms with E-state index >= 15 is 0 Å². The Morgan fingerprint density at radius 2 is 1.74 bits per heavy atom. The molecule has 0 radical (unpaired) electrons. The molecule has 10 heteroatoms. The summed E-state index contributed by atoms with van der Waals surface area (Å²) < 4.78 is 25.4. The van der Waals surface area contributed by atoms with Gasteiger partial charge < -0.3 is 18.9 Å². The minimum atomic E-state index is -0.692. The number of esters is 1. The molecule has 0 spiro atoms. The number of ether oxygens (including phenoxy) is 4. The van der Waals surface area contributed by atoms with Crippen LogP contribution in [-0.4, -0.2) is 31.4 Å². The zero-order valence-corrected chi connectivity index (χ0v) is 26.5. The highest BCUT2D eigenvalue weighted by molar-refractivity contribution is 14.1. The zero-order chi connectivity index (χ0) is 29.8. The Hall–Kier alpha value is -3.90. The van der Waals surface area contributed by atoms with E-state index in [4.69, 9.17) is 18.9 Å². The zero-order valence-electron chi connectivity index (χ0n) is 23.5. The second-order valence-electron chi connectivity index (χ2n) is 9.39. The summed E-state index contributed by atoms with van der Waals surface area (Å²) in [6, 6.07) is 20.1. The van der Waals surface area contributed by atoms with E-state index in [0.29, 0.717) is 38.7 Å². The number of rotatable bonds is 9. The lowest BCUT2D eigenvalue weighted by Crippen LogP contribution is -2.39. The van der Waals surface area contributed by atoms with Gasteiger partial charge in [0.05, 0.1) is 42.7 Å². The van der Waals surface area contributed by atoms with Crippen LogP contribution in [0.25, 0.3) is 6.08 Å². The van der Waals surface area contributed by atoms with Gasteiger partial charge in [-0.05, 0) is 102 Å². The lowest BCUT2D eigenvalue weighted by atomic mass is 9.96. The van der Waals surface area contributed by atoms with Crippen molar-refractivity contribution in [3.05, 3.63) is 118 Å². The molecule has 1 aliphatic rings. The molecule has 0 amide bonds. The monoisotopic (exact) mass is 696 g/mol. The fourth-order valence-corrected chi connectivity index (χ4v) is 6.14. The maximum atomic E-state index is 13.9. The van der Waals surface area contributed by atoms with Crippen LogP contribution in [0, 0.1) is 3.57 Å². The first-order chi connectivity index (χ1) is 20.3. The topological polar surface area (TPSA) is 88.4 Å². The second kappa shape index (κ2) is 13.0. The number of benzene rings is 3. The molecule has 4 aromatic rings. The summed E-state index contributed by atoms with van der Waals surface area (Å²) in [6.45, 7) is 4.03. The Morgan fingerprint density at radius 3 is 2.40 bits per heavy atom. The van der Waals surface area contributed by atoms with Gasteiger partial charge in [0, 0.05) is 9.13 Å². The highest BCUT2D eigenvalue weighted by atomic mass is 127. The number of thiazole rings is 1. The third kappa shape index (κ3) is 6.14. The van der Waals surface area contributed by atoms with Crippen LogP contribution in [-0.2, 0) is 16.1 Å². The quantitative estimate of drug-likeness (QED) is 0.181. The SMILES string of the molecule is CCOC(=O)C1=C(C)N=c2sc(=Cc3ccc(OC)c(COc4ccc(I)cc4)c3)c(=O)n2[C@@H]1c1ccc(OC)cc1. The van der Waals surface area contributed by atoms with Crippen LogP contribution in [0.3, 0.4) is 0 Å². The molecular formula is C32H29IN2O6S. The summed E-state index contributed by atoms with van der Waals surface area (Å²) in [4.78, 5) is 32.2. The number of methoxy groups -OCH3 is 2. The molecule has 0 unspecified atom stereocenters. The minimum absolute atomic E-state index is 0.211. The average Bonchev–Trinajstić information content (AvgIpc) is 3.30. The molecular weight excluding hydrogens is 667 g/mol. The van der Waals surface area contributed by atoms with Crippen LogP contribution >= 0.6 is 33.9 Å². The molecule has 1 aliphatic heterocycles. The van der Waals surface area contributed by atoms with Crippen molar-refractivity contribution in [1.82, 2.24) is 4.57 Å². The highest BCUT2D eigenvalue weighted by Gasteiger charge is 2.33. The predicted octanol–water partition coefficient (Wildman–Crippen LogP) is 5.00. The fraction of sp³-hybridized carbons (Fsp3) is 0.219. The van der Waals surface area contributed by atoms with Gasteiger partial charge in [0.25, 0.3) is 5.56 Å². The van der Waals surface area contributed by atoms with Gasteiger partial charge in [0.15, 0.2) is 4.80 Å². The van der Waals surface area contributed by atoms with Gasteiger partial charge in [-0.25, -0.2) is 9.79 Å². The maximum absolute atomic E-state index is 13.9. The van der Waals surface area contributed by atoms with Crippen molar-refractivity contribution < 1.29 is 23.7 Å². The summed E-state index contributed by atoms with van der Waals surface area (Å²) in [6.07, 6.45) is 1.83. The van der Waals surface area contributed by atoms with E-state index in [1.54, 1.807) is 44.8 Å². The molecule has 216 valence electrons. The Labute approximate surface area is 260 Å². The molecule has 8 nitrogen and oxygen atoms in total. The van der Waals surface area contributed by atoms with E-state index < -0.39 is 12.0 Å². The first-order valence-electron chi connectivity index (χ1n) is 13.2. The summed E-state index contributed by atoms with van der Waals surface area (Å²) >= 11 is 3.53. The van der Waals surface area contributed by atoms with E-state index in [0.717, 1.165) is 26.0 Å². The standard InChI is InChI=1S/C32H29IN2O6S/c1-5-40-31(37)28-19(2)34-32-35(29(28)21-7-11-24(38-3)12-8-21)30(36)27(42-32)17-20-6-15-26(39-4)22(16-20)18-41-25-13-9-23(33)10-14-25/h6-17,29H,5,18H2,1-4H3/t29-/m1/s1. The van der Waals surface area contributed by atoms with Crippen molar-refractivity contribution in [3.63, 3.8) is 0 Å². The van der Waals surface area contributed by atoms with Crippen molar-refractivity contribution >= 4 is 46.0 Å². The smallest absolute Gasteiger partial charge is 0.338 e. The van der Waals surface area contributed by atoms with Gasteiger partial charge in [0.1, 0.15) is 23.9 Å². The summed E-state index contributed by atoms with van der Waals surface area (Å²) in [5.41, 5.74) is 3.00. The van der Waals surface area contributed by atoms with Gasteiger partial charge in [0.2, 0.25) is 0 Å². The van der Waals surface area contributed by atoms with Gasteiger partial charge in [-0.2, -0.15) is 0 Å². The van der Waals surface area contributed by atoms with Gasteiger partial charge in [-0.15, -0.1) is 0 Å². The van der Waals surface area contributed by atoms with Gasteiger partial charge in [-0.3, -0.25) is 9.36 Å². The Balaban J connectivity index is 1.57. The molecule has 1 atom stereocenters. The van der Waals surface area contributed by atoms with Gasteiger partial charge in [-0.1, -0.05) is 29.5 Å². The van der Waals surface area contributed by atoms with E-state index in [1.165, 1.54) is 11.3 Å². The third-order valence-electron chi connectivity index (χ3n) is 6.76. The second-order valence-corrected chi connectivity index (χ2v) is 11.6. The molecule has 1 aromatic heterocycles. The first kappa shape index (κ1) is 29.6. The van der Waals surface area contributed by atoms with Crippen molar-refractivity contribution in [2.75, 3.05) is 20.8 Å². The molecule has 42 heavy (non-hydrogen) atoms. The number of carbonyl (C=O) groups is 1. The number of halogens is 1. The molecule has 0 bridgehead atoms. The molecule has 5 rings (SSSR count). The lowest BCUT2D eigenvalue weighted by Gasteiger charge is -2.24. The number of fused-ring (bicyclic) bond motifs is 1. The average molecular weight is 697 g/mol. The highest BCUT2D eigenvalue weighted by Crippen LogP contribution is 2.31. The number of nitrogens with zero attached hydrogens (tertiary/aromatic N) is 2. The predicted molar refractivity (Wildman–Crippen MR) is 170 cm³/mol. The van der Waals surface area contributed by atoms with E-state index in [1.807, 2.05) is 60.7 Å². The van der Waals surface area contributed by atoms with E-state index in [2.05, 4.69) is 27.6 Å². The number of hydrogen-bond donors (Lipinski definition) is 0. The van der Waals surface area contributed by atoms with E-state index in [9.17, 15) is 9.59 Å². The largest absolute Gasteiger partial charge is 0.497 e. The Bertz CT molecular complexity index is 1820. The van der Waals surface area contributed by atoms with Crippen LogP contribution < -0.4 is 29.1 Å². The van der Waals surface area contributed by atoms with Crippen LogP contribution in [0.5, 0.6) is 17.2 Å². The van der Waals surface area contributed by atoms with Crippen LogP contribution in [0.2, 0.25) is 0 Å². The van der Waals surface area contributed by atoms with Gasteiger partial charge >= 0.3 is 5.97 Å². The number of carbonyl (C=O) groups excluding carboxylic acids is 1. The third-order valence-corrected chi connectivity index (χ3v) is 8.46. The Kier molecular flexibility index (Phi) is 9.12. The molecule has 0 N–H and O–H groups in total. The Morgan fingerprint density at radius 1 is 1.02 bits per heavy atom. The van der Waals surface area contributed by atoms with Crippen molar-refractivity contribution in [2.45, 2.75) is 26.5 Å². The van der Waals surface area contributed by atoms with Crippen LogP contribution in [0.4, 0.5) is 0 Å². The van der Waals surface area contributed by atoms with Crippen LogP contribution in [0.15, 0.2) is 87.8 Å². The minimum Gasteiger partial charge on any atom is -0.497 e. The number of allylic oxidation sites excluding steroid dienone is 1. The molecule has 2 heterocycles. The van der Waals surface area contributed by atoms with Crippen LogP contribution in [0.1, 0.15) is 36.6 Å². The molecule has 0 saturated carbocycles. The molecule has 0 saturated heterocycles. The first-order valence-corrected chi connectivity index (χ1v) is 15.1. The number of hydrogen-bond acceptors (Lipinski definition) is 8. The molecule has 0 fully saturated rings. The normalized spacial score (nSPS) is 14.7. The summed E-state index contributed by atoms with van der Waals surface area (Å²) in [5.74, 6) is 1.61. The van der Waals surface area contributed by atoms with Crippen molar-refractivity contribution in [3.8, 4) is 17.2 Å². The molecule has 3 aromatic carbocycles. The number of aromatic nitrogens is 1. The summed E-state index contributed by atoms with van der Waals surface area (Å²) in [7, 11) is 3.20. The van der Waals surface area contributed by atoms with E-state index in [-0.39, 0.29) is 12.2 Å². The van der Waals surface area contributed by atoms with Crippen molar-refractivity contribution in [2.24, 2.45) is 4.99 Å². The van der Waals surface area contributed by atoms with Crippen molar-refractivity contribution in [1.29, 1.82) is 0 Å². The summed E-state index contributed by atoms with van der Waals surface area (Å²) in [5, 5.41) is 0. The molecule has 0 aliphatic carbocycles.